The third-order valence-electron chi connectivity index (χ3n) is 4.12. The van der Waals surface area contributed by atoms with E-state index in [0.717, 1.165) is 12.8 Å². The number of carbonyl (C=O) groups is 2. The van der Waals surface area contributed by atoms with Gasteiger partial charge in [-0.25, -0.2) is 4.79 Å². The van der Waals surface area contributed by atoms with Gasteiger partial charge in [0.05, 0.1) is 11.4 Å². The summed E-state index contributed by atoms with van der Waals surface area (Å²) in [6, 6.07) is 2.67. The lowest BCUT2D eigenvalue weighted by molar-refractivity contribution is -0.151. The fourth-order valence-corrected chi connectivity index (χ4v) is 3.32. The molecule has 2 aliphatic heterocycles. The lowest BCUT2D eigenvalue weighted by atomic mass is 10.0. The number of halogens is 1. The average molecular weight is 340 g/mol. The lowest BCUT2D eigenvalue weighted by Gasteiger charge is -2.33. The van der Waals surface area contributed by atoms with Crippen LogP contribution in [0.2, 0.25) is 5.02 Å². The number of likely N-dealkylation sites (tertiary alicyclic amines) is 1. The van der Waals surface area contributed by atoms with Crippen LogP contribution >= 0.6 is 11.6 Å². The minimum absolute atomic E-state index is 0.0974. The zero-order valence-electron chi connectivity index (χ0n) is 12.6. The van der Waals surface area contributed by atoms with Crippen LogP contribution in [0, 0.1) is 0 Å². The smallest absolute Gasteiger partial charge is 0.326 e. The highest BCUT2D eigenvalue weighted by molar-refractivity contribution is 6.32. The molecular formula is C16H18ClNO5. The Balaban J connectivity index is 1.77. The highest BCUT2D eigenvalue weighted by Gasteiger charge is 2.32. The maximum absolute atomic E-state index is 12.5. The average Bonchev–Trinajstić information content (AvgIpc) is 2.55. The lowest BCUT2D eigenvalue weighted by Crippen LogP contribution is -2.48. The Morgan fingerprint density at radius 2 is 2.04 bits per heavy atom. The van der Waals surface area contributed by atoms with E-state index < -0.39 is 12.0 Å². The first-order valence-corrected chi connectivity index (χ1v) is 8.04. The summed E-state index contributed by atoms with van der Waals surface area (Å²) in [6.45, 7) is 1.36. The fraction of sp³-hybridized carbons (Fsp3) is 0.500. The first-order chi connectivity index (χ1) is 11.1. The molecule has 23 heavy (non-hydrogen) atoms. The van der Waals surface area contributed by atoms with Crippen LogP contribution in [-0.4, -0.2) is 47.7 Å². The summed E-state index contributed by atoms with van der Waals surface area (Å²) >= 11 is 6.17. The van der Waals surface area contributed by atoms with Gasteiger partial charge in [0.25, 0.3) is 0 Å². The van der Waals surface area contributed by atoms with Crippen molar-refractivity contribution >= 4 is 23.5 Å². The molecule has 0 aromatic heterocycles. The van der Waals surface area contributed by atoms with E-state index in [4.69, 9.17) is 21.1 Å². The molecule has 0 spiro atoms. The van der Waals surface area contributed by atoms with Crippen molar-refractivity contribution < 1.29 is 24.2 Å². The van der Waals surface area contributed by atoms with E-state index in [1.807, 2.05) is 0 Å². The Labute approximate surface area is 138 Å². The van der Waals surface area contributed by atoms with Gasteiger partial charge in [0.1, 0.15) is 19.3 Å². The van der Waals surface area contributed by atoms with Crippen LogP contribution in [0.25, 0.3) is 0 Å². The maximum atomic E-state index is 12.5. The van der Waals surface area contributed by atoms with Crippen LogP contribution in [0.3, 0.4) is 0 Å². The molecule has 1 N–H and O–H groups in total. The second kappa shape index (κ2) is 6.66. The van der Waals surface area contributed by atoms with Crippen molar-refractivity contribution in [2.24, 2.45) is 0 Å². The van der Waals surface area contributed by atoms with E-state index in [1.54, 1.807) is 12.1 Å². The number of nitrogens with zero attached hydrogens (tertiary/aromatic N) is 1. The molecule has 1 fully saturated rings. The van der Waals surface area contributed by atoms with Crippen LogP contribution in [0.4, 0.5) is 0 Å². The normalized spacial score (nSPS) is 20.2. The predicted octanol–water partition coefficient (Wildman–Crippen LogP) is 2.12. The number of carboxylic acid groups (broad SMARTS) is 1. The van der Waals surface area contributed by atoms with E-state index in [1.165, 1.54) is 4.90 Å². The molecule has 0 unspecified atom stereocenters. The molecule has 124 valence electrons. The third kappa shape index (κ3) is 3.37. The molecule has 1 aromatic rings. The van der Waals surface area contributed by atoms with Crippen molar-refractivity contribution in [2.45, 2.75) is 31.7 Å². The minimum atomic E-state index is -0.946. The number of hydrogen-bond acceptors (Lipinski definition) is 4. The first-order valence-electron chi connectivity index (χ1n) is 7.66. The summed E-state index contributed by atoms with van der Waals surface area (Å²) in [6.07, 6.45) is 2.26. The van der Waals surface area contributed by atoms with Crippen molar-refractivity contribution in [3.05, 3.63) is 22.7 Å². The molecule has 1 aromatic carbocycles. The summed E-state index contributed by atoms with van der Waals surface area (Å²) < 4.78 is 11.0. The molecule has 1 atom stereocenters. The van der Waals surface area contributed by atoms with E-state index in [9.17, 15) is 14.7 Å². The van der Waals surface area contributed by atoms with Gasteiger partial charge in [-0.15, -0.1) is 0 Å². The first kappa shape index (κ1) is 15.9. The summed E-state index contributed by atoms with van der Waals surface area (Å²) in [5.74, 6) is -0.126. The van der Waals surface area contributed by atoms with Crippen LogP contribution in [0.15, 0.2) is 12.1 Å². The standard InChI is InChI=1S/C16H18ClNO5/c17-11-7-10(8-13-15(11)23-6-5-22-13)9-14(19)18-4-2-1-3-12(18)16(20)21/h7-8,12H,1-6,9H2,(H,20,21)/t12-/m1/s1. The number of carboxylic acids is 1. The van der Waals surface area contributed by atoms with E-state index in [-0.39, 0.29) is 12.3 Å². The zero-order chi connectivity index (χ0) is 16.4. The van der Waals surface area contributed by atoms with Gasteiger partial charge in [-0.05, 0) is 37.0 Å². The summed E-state index contributed by atoms with van der Waals surface area (Å²) in [5.41, 5.74) is 0.693. The largest absolute Gasteiger partial charge is 0.486 e. The number of carbonyl (C=O) groups excluding carboxylic acids is 1. The quantitative estimate of drug-likeness (QED) is 0.912. The Hall–Kier alpha value is -1.95. The Bertz CT molecular complexity index is 633. The number of benzene rings is 1. The van der Waals surface area contributed by atoms with E-state index in [0.29, 0.717) is 48.3 Å². The topological polar surface area (TPSA) is 76.1 Å². The maximum Gasteiger partial charge on any atom is 0.326 e. The van der Waals surface area contributed by atoms with Gasteiger partial charge in [-0.1, -0.05) is 11.6 Å². The summed E-state index contributed by atoms with van der Waals surface area (Å²) in [7, 11) is 0. The van der Waals surface area contributed by atoms with Crippen molar-refractivity contribution in [1.29, 1.82) is 0 Å². The number of piperidine rings is 1. The minimum Gasteiger partial charge on any atom is -0.486 e. The van der Waals surface area contributed by atoms with Gasteiger partial charge in [-0.3, -0.25) is 4.79 Å². The number of aliphatic carboxylic acids is 1. The third-order valence-corrected chi connectivity index (χ3v) is 4.40. The Morgan fingerprint density at radius 3 is 2.83 bits per heavy atom. The predicted molar refractivity (Wildman–Crippen MR) is 83.1 cm³/mol. The van der Waals surface area contributed by atoms with Gasteiger partial charge in [0.15, 0.2) is 11.5 Å². The van der Waals surface area contributed by atoms with E-state index >= 15 is 0 Å². The molecule has 0 saturated carbocycles. The van der Waals surface area contributed by atoms with Gasteiger partial charge in [0, 0.05) is 6.54 Å². The molecule has 7 heteroatoms. The number of ether oxygens (including phenoxy) is 2. The van der Waals surface area contributed by atoms with Crippen LogP contribution in [0.1, 0.15) is 24.8 Å². The molecule has 2 heterocycles. The summed E-state index contributed by atoms with van der Waals surface area (Å²) in [4.78, 5) is 25.3. The highest BCUT2D eigenvalue weighted by atomic mass is 35.5. The number of rotatable bonds is 3. The molecule has 0 bridgehead atoms. The second-order valence-electron chi connectivity index (χ2n) is 5.72. The van der Waals surface area contributed by atoms with Crippen LogP contribution in [0.5, 0.6) is 11.5 Å². The number of amides is 1. The van der Waals surface area contributed by atoms with Gasteiger partial charge in [-0.2, -0.15) is 0 Å². The SMILES string of the molecule is O=C(O)[C@H]1CCCCN1C(=O)Cc1cc(Cl)c2c(c1)OCCO2. The number of hydrogen-bond donors (Lipinski definition) is 1. The van der Waals surface area contributed by atoms with E-state index in [2.05, 4.69) is 0 Å². The molecular weight excluding hydrogens is 322 g/mol. The Morgan fingerprint density at radius 1 is 1.26 bits per heavy atom. The zero-order valence-corrected chi connectivity index (χ0v) is 13.3. The van der Waals surface area contributed by atoms with Crippen molar-refractivity contribution in [3.8, 4) is 11.5 Å². The highest BCUT2D eigenvalue weighted by Crippen LogP contribution is 2.38. The van der Waals surface area contributed by atoms with Gasteiger partial charge < -0.3 is 19.5 Å². The monoisotopic (exact) mass is 339 g/mol. The molecule has 0 radical (unpaired) electrons. The fourth-order valence-electron chi connectivity index (χ4n) is 3.03. The van der Waals surface area contributed by atoms with Crippen molar-refractivity contribution in [1.82, 2.24) is 4.90 Å². The van der Waals surface area contributed by atoms with Crippen LogP contribution in [-0.2, 0) is 16.0 Å². The van der Waals surface area contributed by atoms with Crippen molar-refractivity contribution in [3.63, 3.8) is 0 Å². The number of fused-ring (bicyclic) bond motifs is 1. The molecule has 3 rings (SSSR count). The second-order valence-corrected chi connectivity index (χ2v) is 6.12. The molecule has 1 saturated heterocycles. The van der Waals surface area contributed by atoms with Gasteiger partial charge in [0.2, 0.25) is 5.91 Å². The van der Waals surface area contributed by atoms with Crippen molar-refractivity contribution in [2.75, 3.05) is 19.8 Å². The Kier molecular flexibility index (Phi) is 4.61. The van der Waals surface area contributed by atoms with Gasteiger partial charge >= 0.3 is 5.97 Å². The molecule has 6 nitrogen and oxygen atoms in total. The molecule has 0 aliphatic carbocycles. The van der Waals surface area contributed by atoms with Crippen LogP contribution < -0.4 is 9.47 Å². The molecule has 2 aliphatic rings. The summed E-state index contributed by atoms with van der Waals surface area (Å²) in [5, 5.41) is 9.68. The molecule has 1 amide bonds.